The Morgan fingerprint density at radius 1 is 1.56 bits per heavy atom. The molecule has 3 nitrogen and oxygen atoms in total. The Hall–Kier alpha value is -0.620. The summed E-state index contributed by atoms with van der Waals surface area (Å²) in [6.07, 6.45) is -0.372. The number of nitrogens with one attached hydrogen (secondary N) is 1. The first-order valence-electron chi connectivity index (χ1n) is 4.63. The molecule has 7 heteroatoms. The van der Waals surface area contributed by atoms with Gasteiger partial charge in [0.25, 0.3) is 5.92 Å². The summed E-state index contributed by atoms with van der Waals surface area (Å²) >= 11 is 8.92. The van der Waals surface area contributed by atoms with Crippen LogP contribution in [0.3, 0.4) is 0 Å². The fraction of sp³-hybridized carbons (Fsp3) is 0.444. The third-order valence-electron chi connectivity index (χ3n) is 2.39. The Kier molecular flexibility index (Phi) is 2.96. The zero-order valence-corrected chi connectivity index (χ0v) is 10.4. The minimum absolute atomic E-state index is 0.186. The number of anilines is 2. The van der Waals surface area contributed by atoms with Crippen molar-refractivity contribution in [3.8, 4) is 0 Å². The molecule has 1 saturated carbocycles. The normalized spacial score (nSPS) is 19.2. The maximum Gasteiger partial charge on any atom is 0.252 e. The van der Waals surface area contributed by atoms with Crippen LogP contribution in [0.25, 0.3) is 0 Å². The summed E-state index contributed by atoms with van der Waals surface area (Å²) in [6, 6.07) is 1.25. The van der Waals surface area contributed by atoms with Gasteiger partial charge in [0.1, 0.15) is 4.60 Å². The van der Waals surface area contributed by atoms with Crippen molar-refractivity contribution in [3.05, 3.63) is 15.7 Å². The minimum atomic E-state index is -2.56. The number of hydrogen-bond acceptors (Lipinski definition) is 3. The molecule has 0 aromatic carbocycles. The zero-order valence-electron chi connectivity index (χ0n) is 8.11. The lowest BCUT2D eigenvalue weighted by Gasteiger charge is -2.35. The van der Waals surface area contributed by atoms with Crippen LogP contribution in [0.4, 0.5) is 20.3 Å². The molecule has 0 atom stereocenters. The predicted molar refractivity (Wildman–Crippen MR) is 63.0 cm³/mol. The maximum atomic E-state index is 12.6. The van der Waals surface area contributed by atoms with Crippen molar-refractivity contribution in [2.75, 3.05) is 11.1 Å². The second kappa shape index (κ2) is 4.00. The molecule has 16 heavy (non-hydrogen) atoms. The molecule has 0 unspecified atom stereocenters. The van der Waals surface area contributed by atoms with Gasteiger partial charge in [-0.2, -0.15) is 0 Å². The van der Waals surface area contributed by atoms with E-state index in [1.165, 1.54) is 6.07 Å². The van der Waals surface area contributed by atoms with Crippen molar-refractivity contribution in [2.24, 2.45) is 0 Å². The molecule has 0 spiro atoms. The third-order valence-corrected chi connectivity index (χ3v) is 3.51. The molecule has 1 fully saturated rings. The molecule has 1 aliphatic rings. The Morgan fingerprint density at radius 2 is 2.19 bits per heavy atom. The van der Waals surface area contributed by atoms with Crippen molar-refractivity contribution >= 4 is 39.0 Å². The SMILES string of the molecule is Nc1cc(Cl)c(Br)nc1NC1CC(F)(F)C1. The summed E-state index contributed by atoms with van der Waals surface area (Å²) in [4.78, 5) is 4.05. The van der Waals surface area contributed by atoms with Gasteiger partial charge in [-0.25, -0.2) is 13.8 Å². The van der Waals surface area contributed by atoms with Crippen LogP contribution in [0.1, 0.15) is 12.8 Å². The van der Waals surface area contributed by atoms with E-state index in [2.05, 4.69) is 26.2 Å². The summed E-state index contributed by atoms with van der Waals surface area (Å²) in [7, 11) is 0. The van der Waals surface area contributed by atoms with Crippen molar-refractivity contribution in [2.45, 2.75) is 24.8 Å². The molecule has 1 heterocycles. The van der Waals surface area contributed by atoms with Crippen LogP contribution in [0.5, 0.6) is 0 Å². The largest absolute Gasteiger partial charge is 0.396 e. The van der Waals surface area contributed by atoms with E-state index in [-0.39, 0.29) is 18.9 Å². The van der Waals surface area contributed by atoms with Crippen molar-refractivity contribution in [3.63, 3.8) is 0 Å². The van der Waals surface area contributed by atoms with Crippen molar-refractivity contribution in [1.29, 1.82) is 0 Å². The van der Waals surface area contributed by atoms with Crippen molar-refractivity contribution < 1.29 is 8.78 Å². The predicted octanol–water partition coefficient (Wildman–Crippen LogP) is 3.29. The topological polar surface area (TPSA) is 50.9 Å². The summed E-state index contributed by atoms with van der Waals surface area (Å²) in [5.74, 6) is -2.17. The van der Waals surface area contributed by atoms with Gasteiger partial charge in [-0.05, 0) is 22.0 Å². The monoisotopic (exact) mass is 311 g/mol. The van der Waals surface area contributed by atoms with E-state index in [9.17, 15) is 8.78 Å². The highest BCUT2D eigenvalue weighted by molar-refractivity contribution is 9.10. The molecule has 1 aromatic rings. The molecule has 0 amide bonds. The molecule has 0 saturated heterocycles. The lowest BCUT2D eigenvalue weighted by atomic mass is 9.88. The summed E-state index contributed by atoms with van der Waals surface area (Å²) in [6.45, 7) is 0. The lowest BCUT2D eigenvalue weighted by molar-refractivity contribution is -0.0794. The number of rotatable bonds is 2. The van der Waals surface area contributed by atoms with Crippen molar-refractivity contribution in [1.82, 2.24) is 4.98 Å². The van der Waals surface area contributed by atoms with E-state index < -0.39 is 5.92 Å². The Morgan fingerprint density at radius 3 is 2.75 bits per heavy atom. The van der Waals surface area contributed by atoms with Gasteiger partial charge in [0.2, 0.25) is 0 Å². The van der Waals surface area contributed by atoms with Crippen LogP contribution < -0.4 is 11.1 Å². The van der Waals surface area contributed by atoms with Crippen LogP contribution >= 0.6 is 27.5 Å². The number of aromatic nitrogens is 1. The average Bonchev–Trinajstić information content (AvgIpc) is 2.11. The van der Waals surface area contributed by atoms with Gasteiger partial charge < -0.3 is 11.1 Å². The molecule has 88 valence electrons. The molecular formula is C9H9BrClF2N3. The Balaban J connectivity index is 2.08. The van der Waals surface area contributed by atoms with Gasteiger partial charge in [-0.15, -0.1) is 0 Å². The van der Waals surface area contributed by atoms with Crippen LogP contribution in [0.15, 0.2) is 10.7 Å². The van der Waals surface area contributed by atoms with Gasteiger partial charge in [0, 0.05) is 18.9 Å². The Bertz CT molecular complexity index is 419. The third kappa shape index (κ3) is 2.38. The Labute approximate surface area is 104 Å². The summed E-state index contributed by atoms with van der Waals surface area (Å²) < 4.78 is 25.7. The molecule has 2 rings (SSSR count). The second-order valence-corrected chi connectivity index (χ2v) is 4.96. The number of hydrogen-bond donors (Lipinski definition) is 2. The van der Waals surface area contributed by atoms with Crippen LogP contribution in [-0.4, -0.2) is 16.9 Å². The molecular weight excluding hydrogens is 303 g/mol. The highest BCUT2D eigenvalue weighted by Gasteiger charge is 2.45. The zero-order chi connectivity index (χ0) is 11.9. The first kappa shape index (κ1) is 11.9. The number of halogens is 4. The maximum absolute atomic E-state index is 12.6. The van der Waals surface area contributed by atoms with Gasteiger partial charge in [0.15, 0.2) is 5.82 Å². The van der Waals surface area contributed by atoms with Crippen LogP contribution in [-0.2, 0) is 0 Å². The average molecular weight is 313 g/mol. The number of alkyl halides is 2. The molecule has 0 bridgehead atoms. The van der Waals surface area contributed by atoms with Gasteiger partial charge >= 0.3 is 0 Å². The number of pyridine rings is 1. The van der Waals surface area contributed by atoms with Gasteiger partial charge in [-0.3, -0.25) is 0 Å². The first-order valence-corrected chi connectivity index (χ1v) is 5.80. The number of nitrogen functional groups attached to an aromatic ring is 1. The first-order chi connectivity index (χ1) is 7.37. The number of nitrogens with zero attached hydrogens (tertiary/aromatic N) is 1. The number of nitrogens with two attached hydrogens (primary N) is 1. The smallest absolute Gasteiger partial charge is 0.252 e. The van der Waals surface area contributed by atoms with E-state index in [0.29, 0.717) is 21.1 Å². The van der Waals surface area contributed by atoms with Crippen LogP contribution in [0.2, 0.25) is 5.02 Å². The second-order valence-electron chi connectivity index (χ2n) is 3.80. The van der Waals surface area contributed by atoms with E-state index in [4.69, 9.17) is 17.3 Å². The van der Waals surface area contributed by atoms with Crippen LogP contribution in [0, 0.1) is 0 Å². The summed E-state index contributed by atoms with van der Waals surface area (Å²) in [5.41, 5.74) is 6.02. The standard InChI is InChI=1S/C9H9BrClF2N3/c10-7-5(11)1-6(14)8(16-7)15-4-2-9(12,13)3-4/h1,4H,2-3,14H2,(H,15,16). The molecule has 3 N–H and O–H groups in total. The fourth-order valence-electron chi connectivity index (χ4n) is 1.55. The molecule has 0 radical (unpaired) electrons. The van der Waals surface area contributed by atoms with Gasteiger partial charge in [0.05, 0.1) is 10.7 Å². The quantitative estimate of drug-likeness (QED) is 0.824. The minimum Gasteiger partial charge on any atom is -0.396 e. The molecule has 1 aromatic heterocycles. The van der Waals surface area contributed by atoms with E-state index in [0.717, 1.165) is 0 Å². The molecule has 1 aliphatic carbocycles. The summed E-state index contributed by atoms with van der Waals surface area (Å²) in [5, 5.41) is 3.26. The molecule has 0 aliphatic heterocycles. The van der Waals surface area contributed by atoms with E-state index in [1.807, 2.05) is 0 Å². The lowest BCUT2D eigenvalue weighted by Crippen LogP contribution is -2.44. The highest BCUT2D eigenvalue weighted by atomic mass is 79.9. The highest BCUT2D eigenvalue weighted by Crippen LogP contribution is 2.39. The van der Waals surface area contributed by atoms with Gasteiger partial charge in [-0.1, -0.05) is 11.6 Å². The van der Waals surface area contributed by atoms with E-state index >= 15 is 0 Å². The van der Waals surface area contributed by atoms with E-state index in [1.54, 1.807) is 0 Å². The fourth-order valence-corrected chi connectivity index (χ4v) is 2.00.